The second-order valence-corrected chi connectivity index (χ2v) is 5.77. The van der Waals surface area contributed by atoms with Crippen LogP contribution in [0, 0.1) is 11.8 Å². The lowest BCUT2D eigenvalue weighted by molar-refractivity contribution is -0.122. The second-order valence-electron chi connectivity index (χ2n) is 5.77. The molecule has 1 aliphatic rings. The Balaban J connectivity index is 1.95. The average Bonchev–Trinajstić information content (AvgIpc) is 2.47. The highest BCUT2D eigenvalue weighted by Crippen LogP contribution is 2.31. The van der Waals surface area contributed by atoms with Crippen molar-refractivity contribution in [3.63, 3.8) is 0 Å². The first-order chi connectivity index (χ1) is 9.95. The molecule has 1 aromatic rings. The molecule has 21 heavy (non-hydrogen) atoms. The van der Waals surface area contributed by atoms with E-state index in [1.54, 1.807) is 14.0 Å². The van der Waals surface area contributed by atoms with Gasteiger partial charge in [-0.15, -0.1) is 0 Å². The molecule has 0 heterocycles. The van der Waals surface area contributed by atoms with Gasteiger partial charge in [0.15, 0.2) is 5.75 Å². The van der Waals surface area contributed by atoms with Gasteiger partial charge in [-0.05, 0) is 38.5 Å². The van der Waals surface area contributed by atoms with Crippen LogP contribution in [0.25, 0.3) is 0 Å². The van der Waals surface area contributed by atoms with Crippen LogP contribution in [0.1, 0.15) is 32.6 Å². The van der Waals surface area contributed by atoms with Gasteiger partial charge in [-0.2, -0.15) is 0 Å². The van der Waals surface area contributed by atoms with Crippen LogP contribution >= 0.6 is 0 Å². The van der Waals surface area contributed by atoms with E-state index in [0.29, 0.717) is 24.8 Å². The molecule has 2 N–H and O–H groups in total. The molecular weight excluding hydrogens is 272 g/mol. The van der Waals surface area contributed by atoms with Crippen molar-refractivity contribution in [2.75, 3.05) is 25.1 Å². The van der Waals surface area contributed by atoms with E-state index in [4.69, 9.17) is 10.5 Å². The number of amides is 1. The zero-order chi connectivity index (χ0) is 15.6. The topological polar surface area (TPSA) is 89.7 Å². The minimum absolute atomic E-state index is 0.0170. The molecule has 0 spiro atoms. The summed E-state index contributed by atoms with van der Waals surface area (Å²) in [4.78, 5) is 36.1. The van der Waals surface area contributed by atoms with Crippen LogP contribution in [0.3, 0.4) is 0 Å². The maximum atomic E-state index is 11.7. The van der Waals surface area contributed by atoms with Crippen LogP contribution in [-0.4, -0.2) is 26.1 Å². The Labute approximate surface area is 123 Å². The highest BCUT2D eigenvalue weighted by atomic mass is 16.5. The number of carbonyl (C=O) groups excluding carboxylic acids is 1. The van der Waals surface area contributed by atoms with E-state index in [-0.39, 0.29) is 17.6 Å². The van der Waals surface area contributed by atoms with Crippen molar-refractivity contribution < 1.29 is 9.53 Å². The Kier molecular flexibility index (Phi) is 4.65. The summed E-state index contributed by atoms with van der Waals surface area (Å²) >= 11 is 0. The number of hydrogen-bond donors (Lipinski definition) is 1. The Hall–Kier alpha value is -1.85. The third-order valence-corrected chi connectivity index (χ3v) is 4.29. The SMILES string of the molecule is CCOc1c(N(C)CC2CCC(C(N)=O)CC2)c(=O)c1=O. The van der Waals surface area contributed by atoms with Gasteiger partial charge in [0, 0.05) is 19.5 Å². The zero-order valence-electron chi connectivity index (χ0n) is 12.6. The highest BCUT2D eigenvalue weighted by molar-refractivity contribution is 5.76. The molecule has 6 heteroatoms. The van der Waals surface area contributed by atoms with Gasteiger partial charge in [0.1, 0.15) is 5.69 Å². The summed E-state index contributed by atoms with van der Waals surface area (Å²) in [5.74, 6) is 0.361. The fourth-order valence-electron chi connectivity index (χ4n) is 3.09. The van der Waals surface area contributed by atoms with Crippen LogP contribution in [0.2, 0.25) is 0 Å². The van der Waals surface area contributed by atoms with E-state index >= 15 is 0 Å². The average molecular weight is 294 g/mol. The molecule has 116 valence electrons. The fourth-order valence-corrected chi connectivity index (χ4v) is 3.09. The van der Waals surface area contributed by atoms with Crippen molar-refractivity contribution in [2.45, 2.75) is 32.6 Å². The Morgan fingerprint density at radius 1 is 1.24 bits per heavy atom. The first-order valence-corrected chi connectivity index (χ1v) is 7.42. The van der Waals surface area contributed by atoms with Crippen molar-refractivity contribution in [3.8, 4) is 5.75 Å². The van der Waals surface area contributed by atoms with Gasteiger partial charge in [0.05, 0.1) is 6.61 Å². The molecule has 1 saturated carbocycles. The second kappa shape index (κ2) is 6.28. The van der Waals surface area contributed by atoms with E-state index in [9.17, 15) is 14.4 Å². The molecule has 1 aliphatic carbocycles. The van der Waals surface area contributed by atoms with Crippen molar-refractivity contribution in [1.29, 1.82) is 0 Å². The molecule has 1 fully saturated rings. The number of carbonyl (C=O) groups is 1. The summed E-state index contributed by atoms with van der Waals surface area (Å²) < 4.78 is 5.24. The first kappa shape index (κ1) is 15.5. The third-order valence-electron chi connectivity index (χ3n) is 4.29. The Bertz CT molecular complexity index is 581. The van der Waals surface area contributed by atoms with Crippen LogP contribution in [0.4, 0.5) is 5.69 Å². The summed E-state index contributed by atoms with van der Waals surface area (Å²) in [5, 5.41) is 0. The molecule has 0 aromatic heterocycles. The van der Waals surface area contributed by atoms with Crippen molar-refractivity contribution in [2.24, 2.45) is 17.6 Å². The Morgan fingerprint density at radius 2 is 1.86 bits per heavy atom. The van der Waals surface area contributed by atoms with Gasteiger partial charge >= 0.3 is 0 Å². The smallest absolute Gasteiger partial charge is 0.272 e. The number of anilines is 1. The number of rotatable bonds is 6. The Morgan fingerprint density at radius 3 is 2.38 bits per heavy atom. The lowest BCUT2D eigenvalue weighted by atomic mass is 9.81. The molecule has 1 aromatic carbocycles. The van der Waals surface area contributed by atoms with E-state index in [0.717, 1.165) is 25.7 Å². The molecule has 0 bridgehead atoms. The summed E-state index contributed by atoms with van der Waals surface area (Å²) in [7, 11) is 1.80. The summed E-state index contributed by atoms with van der Waals surface area (Å²) in [6.45, 7) is 2.84. The molecule has 0 unspecified atom stereocenters. The monoisotopic (exact) mass is 294 g/mol. The number of ether oxygens (including phenoxy) is 1. The van der Waals surface area contributed by atoms with Crippen LogP contribution in [0.15, 0.2) is 9.59 Å². The summed E-state index contributed by atoms with van der Waals surface area (Å²) in [6, 6.07) is 0. The molecule has 0 radical (unpaired) electrons. The maximum Gasteiger partial charge on any atom is 0.272 e. The lowest BCUT2D eigenvalue weighted by Crippen LogP contribution is -2.42. The number of primary amides is 1. The zero-order valence-corrected chi connectivity index (χ0v) is 12.6. The molecule has 0 saturated heterocycles. The molecule has 1 amide bonds. The predicted octanol–water partition coefficient (Wildman–Crippen LogP) is 0.409. The van der Waals surface area contributed by atoms with Gasteiger partial charge in [-0.25, -0.2) is 0 Å². The number of nitrogens with two attached hydrogens (primary N) is 1. The molecule has 2 rings (SSSR count). The lowest BCUT2D eigenvalue weighted by Gasteiger charge is -2.31. The minimum Gasteiger partial charge on any atom is -0.488 e. The maximum absolute atomic E-state index is 11.7. The molecular formula is C15H22N2O4. The van der Waals surface area contributed by atoms with Gasteiger partial charge in [-0.3, -0.25) is 14.4 Å². The predicted molar refractivity (Wildman–Crippen MR) is 80.4 cm³/mol. The molecule has 0 atom stereocenters. The van der Waals surface area contributed by atoms with Crippen LogP contribution < -0.4 is 26.2 Å². The van der Waals surface area contributed by atoms with Gasteiger partial charge in [-0.1, -0.05) is 0 Å². The largest absolute Gasteiger partial charge is 0.488 e. The number of hydrogen-bond acceptors (Lipinski definition) is 5. The summed E-state index contributed by atoms with van der Waals surface area (Å²) in [5.41, 5.74) is 4.71. The van der Waals surface area contributed by atoms with Gasteiger partial charge in [0.25, 0.3) is 10.9 Å². The molecule has 0 aliphatic heterocycles. The number of nitrogens with zero attached hydrogens (tertiary/aromatic N) is 1. The minimum atomic E-state index is -0.531. The van der Waals surface area contributed by atoms with E-state index in [1.807, 2.05) is 4.90 Å². The van der Waals surface area contributed by atoms with Crippen LogP contribution in [-0.2, 0) is 4.79 Å². The van der Waals surface area contributed by atoms with E-state index < -0.39 is 10.9 Å². The van der Waals surface area contributed by atoms with Gasteiger partial charge < -0.3 is 15.4 Å². The standard InChI is InChI=1S/C15H22N2O4/c1-3-21-14-11(12(18)13(14)19)17(2)8-9-4-6-10(7-5-9)15(16)20/h9-10H,3-8H2,1-2H3,(H2,16,20). The first-order valence-electron chi connectivity index (χ1n) is 7.42. The van der Waals surface area contributed by atoms with Crippen molar-refractivity contribution >= 4 is 11.6 Å². The van der Waals surface area contributed by atoms with E-state index in [2.05, 4.69) is 0 Å². The fraction of sp³-hybridized carbons (Fsp3) is 0.667. The van der Waals surface area contributed by atoms with Crippen molar-refractivity contribution in [1.82, 2.24) is 0 Å². The van der Waals surface area contributed by atoms with Crippen molar-refractivity contribution in [3.05, 3.63) is 20.4 Å². The molecule has 6 nitrogen and oxygen atoms in total. The van der Waals surface area contributed by atoms with Crippen LogP contribution in [0.5, 0.6) is 5.75 Å². The normalized spacial score (nSPS) is 22.2. The van der Waals surface area contributed by atoms with Gasteiger partial charge in [0.2, 0.25) is 5.91 Å². The highest BCUT2D eigenvalue weighted by Gasteiger charge is 2.29. The third kappa shape index (κ3) is 3.09. The summed E-state index contributed by atoms with van der Waals surface area (Å²) in [6.07, 6.45) is 3.44. The quantitative estimate of drug-likeness (QED) is 0.767. The van der Waals surface area contributed by atoms with E-state index in [1.165, 1.54) is 0 Å².